The van der Waals surface area contributed by atoms with Gasteiger partial charge >= 0.3 is 5.97 Å². The number of carbonyl (C=O) groups excluding carboxylic acids is 2. The molecule has 4 rings (SSSR count). The molecule has 0 radical (unpaired) electrons. The molecule has 1 heterocycles. The van der Waals surface area contributed by atoms with Gasteiger partial charge in [-0.15, -0.1) is 11.3 Å². The highest BCUT2D eigenvalue weighted by Crippen LogP contribution is 2.41. The Labute approximate surface area is 220 Å². The fourth-order valence-corrected chi connectivity index (χ4v) is 5.06. The maximum absolute atomic E-state index is 13.0. The van der Waals surface area contributed by atoms with E-state index in [1.807, 2.05) is 92.7 Å². The summed E-state index contributed by atoms with van der Waals surface area (Å²) in [5, 5.41) is 3.30. The summed E-state index contributed by atoms with van der Waals surface area (Å²) in [5.41, 5.74) is 4.04. The molecule has 1 unspecified atom stereocenters. The van der Waals surface area contributed by atoms with E-state index in [4.69, 9.17) is 14.2 Å². The quantitative estimate of drug-likeness (QED) is 0.243. The average molecular weight is 516 g/mol. The maximum atomic E-state index is 13.0. The van der Waals surface area contributed by atoms with Crippen LogP contribution in [-0.2, 0) is 9.53 Å². The minimum Gasteiger partial charge on any atom is -0.494 e. The third-order valence-electron chi connectivity index (χ3n) is 5.81. The van der Waals surface area contributed by atoms with Crippen molar-refractivity contribution in [3.8, 4) is 33.8 Å². The molecule has 0 spiro atoms. The van der Waals surface area contributed by atoms with Crippen molar-refractivity contribution in [3.63, 3.8) is 0 Å². The molecule has 7 heteroatoms. The van der Waals surface area contributed by atoms with Crippen LogP contribution < -0.4 is 14.8 Å². The van der Waals surface area contributed by atoms with E-state index in [-0.39, 0.29) is 5.91 Å². The van der Waals surface area contributed by atoms with Crippen LogP contribution in [0.1, 0.15) is 29.1 Å². The molecule has 0 fully saturated rings. The van der Waals surface area contributed by atoms with Gasteiger partial charge in [0.25, 0.3) is 5.91 Å². The number of nitrogens with one attached hydrogen (secondary N) is 1. The Morgan fingerprint density at radius 1 is 0.865 bits per heavy atom. The summed E-state index contributed by atoms with van der Waals surface area (Å²) in [4.78, 5) is 26.7. The van der Waals surface area contributed by atoms with Crippen molar-refractivity contribution in [2.24, 2.45) is 0 Å². The average Bonchev–Trinajstić information content (AvgIpc) is 3.25. The summed E-state index contributed by atoms with van der Waals surface area (Å²) in [5.74, 6) is 0.438. The lowest BCUT2D eigenvalue weighted by Gasteiger charge is -2.15. The Kier molecular flexibility index (Phi) is 8.25. The van der Waals surface area contributed by atoms with Crippen LogP contribution >= 0.6 is 11.3 Å². The van der Waals surface area contributed by atoms with Crippen LogP contribution in [0.5, 0.6) is 11.5 Å². The van der Waals surface area contributed by atoms with Crippen LogP contribution in [0.3, 0.4) is 0 Å². The van der Waals surface area contributed by atoms with Crippen molar-refractivity contribution in [1.29, 1.82) is 0 Å². The van der Waals surface area contributed by atoms with Gasteiger partial charge in [0.05, 0.1) is 13.7 Å². The van der Waals surface area contributed by atoms with Gasteiger partial charge in [-0.25, -0.2) is 4.79 Å². The number of hydrogen-bond acceptors (Lipinski definition) is 6. The monoisotopic (exact) mass is 515 g/mol. The molecular weight excluding hydrogens is 486 g/mol. The van der Waals surface area contributed by atoms with Crippen molar-refractivity contribution in [2.75, 3.05) is 19.0 Å². The van der Waals surface area contributed by atoms with Crippen LogP contribution in [-0.4, -0.2) is 31.7 Å². The Morgan fingerprint density at radius 2 is 1.46 bits per heavy atom. The van der Waals surface area contributed by atoms with Crippen LogP contribution in [0.2, 0.25) is 0 Å². The third-order valence-corrected chi connectivity index (χ3v) is 6.83. The lowest BCUT2D eigenvalue weighted by Crippen LogP contribution is -2.30. The predicted octanol–water partition coefficient (Wildman–Crippen LogP) is 6.98. The van der Waals surface area contributed by atoms with Gasteiger partial charge in [0.2, 0.25) is 0 Å². The molecule has 0 aliphatic carbocycles. The molecule has 1 amide bonds. The Balaban J connectivity index is 1.52. The molecule has 190 valence electrons. The van der Waals surface area contributed by atoms with E-state index in [1.165, 1.54) is 18.4 Å². The second-order valence-corrected chi connectivity index (χ2v) is 9.55. The van der Waals surface area contributed by atoms with Crippen LogP contribution in [0.15, 0.2) is 78.9 Å². The molecule has 0 saturated heterocycles. The van der Waals surface area contributed by atoms with E-state index in [1.54, 1.807) is 6.92 Å². The van der Waals surface area contributed by atoms with Crippen molar-refractivity contribution < 1.29 is 23.8 Å². The van der Waals surface area contributed by atoms with Gasteiger partial charge in [-0.1, -0.05) is 54.6 Å². The summed E-state index contributed by atoms with van der Waals surface area (Å²) in [7, 11) is 1.33. The van der Waals surface area contributed by atoms with Crippen LogP contribution in [0, 0.1) is 6.92 Å². The molecule has 1 atom stereocenters. The van der Waals surface area contributed by atoms with Gasteiger partial charge in [-0.05, 0) is 61.7 Å². The largest absolute Gasteiger partial charge is 0.494 e. The molecule has 0 saturated carbocycles. The van der Waals surface area contributed by atoms with E-state index in [2.05, 4.69) is 5.32 Å². The zero-order valence-electron chi connectivity index (χ0n) is 21.2. The van der Waals surface area contributed by atoms with E-state index < -0.39 is 12.1 Å². The Bertz CT molecular complexity index is 1360. The minimum absolute atomic E-state index is 0.321. The summed E-state index contributed by atoms with van der Waals surface area (Å²) in [6.45, 7) is 6.07. The van der Waals surface area contributed by atoms with Crippen molar-refractivity contribution >= 4 is 28.2 Å². The summed E-state index contributed by atoms with van der Waals surface area (Å²) < 4.78 is 16.5. The van der Waals surface area contributed by atoms with E-state index in [0.29, 0.717) is 22.9 Å². The molecule has 37 heavy (non-hydrogen) atoms. The number of rotatable bonds is 9. The SMILES string of the molecule is CCOc1ccc(-c2c(C)sc(NC(=O)C(C)Oc3ccc(-c4ccccc4)cc3)c2C(=O)OC)cc1. The normalized spacial score (nSPS) is 11.5. The van der Waals surface area contributed by atoms with Gasteiger partial charge < -0.3 is 19.5 Å². The lowest BCUT2D eigenvalue weighted by molar-refractivity contribution is -0.122. The number of hydrogen-bond donors (Lipinski definition) is 1. The second kappa shape index (κ2) is 11.8. The van der Waals surface area contributed by atoms with Crippen molar-refractivity contribution in [1.82, 2.24) is 0 Å². The zero-order chi connectivity index (χ0) is 26.4. The molecule has 3 aromatic carbocycles. The van der Waals surface area contributed by atoms with E-state index >= 15 is 0 Å². The van der Waals surface area contributed by atoms with Crippen LogP contribution in [0.4, 0.5) is 5.00 Å². The van der Waals surface area contributed by atoms with E-state index in [0.717, 1.165) is 32.9 Å². The molecular formula is C30H29NO5S. The predicted molar refractivity (Wildman–Crippen MR) is 148 cm³/mol. The Hall–Kier alpha value is -4.10. The zero-order valence-corrected chi connectivity index (χ0v) is 22.1. The number of aryl methyl sites for hydroxylation is 1. The number of esters is 1. The molecule has 0 bridgehead atoms. The van der Waals surface area contributed by atoms with Gasteiger partial charge in [0.1, 0.15) is 22.1 Å². The van der Waals surface area contributed by atoms with Gasteiger partial charge in [-0.2, -0.15) is 0 Å². The molecule has 0 aliphatic rings. The molecule has 4 aromatic rings. The number of methoxy groups -OCH3 is 1. The molecule has 1 N–H and O–H groups in total. The van der Waals surface area contributed by atoms with Gasteiger partial charge in [-0.3, -0.25) is 4.79 Å². The topological polar surface area (TPSA) is 73.9 Å². The smallest absolute Gasteiger partial charge is 0.341 e. The van der Waals surface area contributed by atoms with Gasteiger partial charge in [0.15, 0.2) is 6.10 Å². The van der Waals surface area contributed by atoms with Crippen LogP contribution in [0.25, 0.3) is 22.3 Å². The first-order valence-corrected chi connectivity index (χ1v) is 12.8. The number of amides is 1. The number of carbonyl (C=O) groups is 2. The first-order chi connectivity index (χ1) is 17.9. The Morgan fingerprint density at radius 3 is 2.08 bits per heavy atom. The minimum atomic E-state index is -0.788. The summed E-state index contributed by atoms with van der Waals surface area (Å²) in [6.07, 6.45) is -0.788. The molecule has 6 nitrogen and oxygen atoms in total. The van der Waals surface area contributed by atoms with Gasteiger partial charge in [0, 0.05) is 10.4 Å². The third kappa shape index (κ3) is 6.01. The highest BCUT2D eigenvalue weighted by Gasteiger charge is 2.26. The lowest BCUT2D eigenvalue weighted by atomic mass is 10.0. The molecule has 0 aliphatic heterocycles. The highest BCUT2D eigenvalue weighted by molar-refractivity contribution is 7.17. The van der Waals surface area contributed by atoms with E-state index in [9.17, 15) is 9.59 Å². The fraction of sp³-hybridized carbons (Fsp3) is 0.200. The highest BCUT2D eigenvalue weighted by atomic mass is 32.1. The first kappa shape index (κ1) is 26.0. The number of anilines is 1. The number of benzene rings is 3. The molecule has 1 aromatic heterocycles. The second-order valence-electron chi connectivity index (χ2n) is 8.33. The number of thiophene rings is 1. The standard InChI is InChI=1S/C30H29NO5S/c1-5-35-24-15-13-23(14-16-24)26-20(3)37-29(27(26)30(33)34-4)31-28(32)19(2)36-25-17-11-22(12-18-25)21-9-7-6-8-10-21/h6-19H,5H2,1-4H3,(H,31,32). The fourth-order valence-electron chi connectivity index (χ4n) is 3.99. The maximum Gasteiger partial charge on any atom is 0.341 e. The number of ether oxygens (including phenoxy) is 3. The summed E-state index contributed by atoms with van der Waals surface area (Å²) >= 11 is 1.33. The van der Waals surface area contributed by atoms with Crippen molar-refractivity contribution in [3.05, 3.63) is 89.3 Å². The van der Waals surface area contributed by atoms with Crippen molar-refractivity contribution in [2.45, 2.75) is 26.9 Å². The first-order valence-electron chi connectivity index (χ1n) is 12.0. The summed E-state index contributed by atoms with van der Waals surface area (Å²) in [6, 6.07) is 25.1.